The number of likely N-dealkylation sites (N-methyl/N-ethyl adjacent to an activating group) is 1. The van der Waals surface area contributed by atoms with Crippen LogP contribution in [-0.4, -0.2) is 83.0 Å². The van der Waals surface area contributed by atoms with Crippen LogP contribution < -0.4 is 10.2 Å². The fourth-order valence-corrected chi connectivity index (χ4v) is 8.67. The van der Waals surface area contributed by atoms with Crippen molar-refractivity contribution in [3.63, 3.8) is 0 Å². The first-order valence-corrected chi connectivity index (χ1v) is 23.7. The molecule has 1 heterocycles. The van der Waals surface area contributed by atoms with Crippen LogP contribution in [0.25, 0.3) is 0 Å². The Hall–Kier alpha value is -3.79. The van der Waals surface area contributed by atoms with E-state index in [4.69, 9.17) is 15.3 Å². The van der Waals surface area contributed by atoms with Gasteiger partial charge in [0.2, 0.25) is 0 Å². The minimum atomic E-state index is -3.46. The van der Waals surface area contributed by atoms with E-state index >= 15 is 0 Å². The van der Waals surface area contributed by atoms with E-state index in [2.05, 4.69) is 103 Å². The van der Waals surface area contributed by atoms with Gasteiger partial charge < -0.3 is 19.5 Å². The van der Waals surface area contributed by atoms with Crippen molar-refractivity contribution in [2.75, 3.05) is 49.0 Å². The number of hydrogen-bond donors (Lipinski definition) is 4. The first kappa shape index (κ1) is 52.3. The monoisotopic (exact) mass is 873 g/mol. The molecule has 0 radical (unpaired) electrons. The van der Waals surface area contributed by atoms with Gasteiger partial charge in [0, 0.05) is 48.4 Å². The number of carbonyl (C=O) groups is 1. The number of nitrogens with zero attached hydrogens (tertiary/aromatic N) is 2. The quantitative estimate of drug-likeness (QED) is 0.0370. The molecule has 4 N–H and O–H groups in total. The summed E-state index contributed by atoms with van der Waals surface area (Å²) < 4.78 is 54.5. The highest BCUT2D eigenvalue weighted by molar-refractivity contribution is 7.86. The molecule has 0 fully saturated rings. The van der Waals surface area contributed by atoms with Crippen molar-refractivity contribution in [1.82, 2.24) is 4.90 Å². The Labute approximate surface area is 362 Å². The molecule has 0 saturated carbocycles. The van der Waals surface area contributed by atoms with Gasteiger partial charge in [-0.2, -0.15) is 8.42 Å². The molecule has 2 aromatic rings. The number of carbonyl (C=O) groups excluding carboxylic acids is 1. The number of unbranched alkanes of at least 4 members (excludes halogenated alkanes) is 2. The van der Waals surface area contributed by atoms with Crippen LogP contribution in [0.3, 0.4) is 0 Å². The second kappa shape index (κ2) is 24.0. The summed E-state index contributed by atoms with van der Waals surface area (Å²) in [4.78, 5) is 17.5. The Morgan fingerprint density at radius 2 is 1.62 bits per heavy atom. The van der Waals surface area contributed by atoms with Gasteiger partial charge in [-0.15, -0.1) is 0 Å². The summed E-state index contributed by atoms with van der Waals surface area (Å²) in [5, 5.41) is 15.5. The second-order valence-electron chi connectivity index (χ2n) is 16.8. The van der Waals surface area contributed by atoms with Gasteiger partial charge in [0.25, 0.3) is 10.1 Å². The lowest BCUT2D eigenvalue weighted by molar-refractivity contribution is -0.176. The van der Waals surface area contributed by atoms with Crippen LogP contribution in [-0.2, 0) is 40.9 Å². The number of rotatable bonds is 18. The predicted octanol–water partition coefficient (Wildman–Crippen LogP) is 10.6. The van der Waals surface area contributed by atoms with Crippen molar-refractivity contribution in [3.8, 4) is 0 Å². The van der Waals surface area contributed by atoms with Gasteiger partial charge in [-0.1, -0.05) is 96.2 Å². The first-order valence-electron chi connectivity index (χ1n) is 20.8. The molecule has 1 aliphatic heterocycles. The van der Waals surface area contributed by atoms with E-state index in [1.807, 2.05) is 46.8 Å². The van der Waals surface area contributed by atoms with E-state index < -0.39 is 32.9 Å². The molecule has 1 aliphatic carbocycles. The summed E-state index contributed by atoms with van der Waals surface area (Å²) in [6.07, 6.45) is 13.2. The number of benzene rings is 2. The zero-order valence-electron chi connectivity index (χ0n) is 37.7. The minimum Gasteiger partial charge on any atom is -0.443 e. The Kier molecular flexibility index (Phi) is 20.9. The lowest BCUT2D eigenvalue weighted by atomic mass is 9.80. The molecule has 2 aromatic carbocycles. The maximum absolute atomic E-state index is 13.6. The lowest BCUT2D eigenvalue weighted by Gasteiger charge is -2.28. The maximum Gasteiger partial charge on any atom is 0.414 e. The molecule has 0 bridgehead atoms. The Bertz CT molecular complexity index is 1960. The smallest absolute Gasteiger partial charge is 0.414 e. The average Bonchev–Trinajstić information content (AvgIpc) is 3.70. The molecule has 1 atom stereocenters. The molecule has 0 saturated heterocycles. The van der Waals surface area contributed by atoms with Crippen molar-refractivity contribution in [3.05, 3.63) is 107 Å². The van der Waals surface area contributed by atoms with Crippen molar-refractivity contribution in [2.24, 2.45) is 0 Å². The third-order valence-electron chi connectivity index (χ3n) is 10.5. The van der Waals surface area contributed by atoms with Crippen molar-refractivity contribution < 1.29 is 41.4 Å². The Morgan fingerprint density at radius 1 is 0.967 bits per heavy atom. The van der Waals surface area contributed by atoms with Gasteiger partial charge in [-0.05, 0) is 112 Å². The number of amides is 1. The predicted molar refractivity (Wildman–Crippen MR) is 246 cm³/mol. The molecule has 0 aromatic heterocycles. The molecule has 0 spiro atoms. The lowest BCUT2D eigenvalue weighted by Crippen LogP contribution is -2.34. The van der Waals surface area contributed by atoms with Crippen LogP contribution in [0.2, 0.25) is 0 Å². The summed E-state index contributed by atoms with van der Waals surface area (Å²) >= 11 is -1.81. The van der Waals surface area contributed by atoms with Gasteiger partial charge in [-0.25, -0.2) is 9.00 Å². The van der Waals surface area contributed by atoms with Crippen LogP contribution in [0, 0.1) is 0 Å². The van der Waals surface area contributed by atoms with E-state index in [1.165, 1.54) is 18.2 Å². The molecule has 336 valence electrons. The van der Waals surface area contributed by atoms with E-state index in [1.54, 1.807) is 11.9 Å². The molecule has 4 rings (SSSR count). The summed E-state index contributed by atoms with van der Waals surface area (Å²) in [6, 6.07) is 16.7. The molecule has 1 amide bonds. The molecular formula is C46H71N3O9S2. The molecule has 60 heavy (non-hydrogen) atoms. The van der Waals surface area contributed by atoms with Gasteiger partial charge in [0.05, 0.1) is 18.6 Å². The highest BCUT2D eigenvalue weighted by atomic mass is 32.2. The normalized spacial score (nSPS) is 16.9. The highest BCUT2D eigenvalue weighted by Crippen LogP contribution is 2.48. The fourth-order valence-electron chi connectivity index (χ4n) is 7.49. The third kappa shape index (κ3) is 15.0. The van der Waals surface area contributed by atoms with Crippen molar-refractivity contribution in [2.45, 2.75) is 124 Å². The number of fused-ring (bicyclic) bond motifs is 1. The SMILES string of the molecule is CC.COS(=O)(=O)CCCCNc1ccccc1C(C)(C)C/C=C/C1=C(N(C)C(=O)OC(C)(C)C)C(=C/C=C2/N(CCCCS(=O)O)c3ccccc3C2(C)C)/CC1.OO. The zero-order chi connectivity index (χ0) is 45.3. The molecular weight excluding hydrogens is 803 g/mol. The first-order chi connectivity index (χ1) is 28.3. The van der Waals surface area contributed by atoms with E-state index in [0.717, 1.165) is 66.1 Å². The standard InChI is InChI=1S/C44H63N3O7S2.C2H6.H2O2/c1-42(2,3)54-41(48)46(8)40-33(19-18-28-43(4,5)35-20-10-12-22-37(35)45-29-14-17-32-56(51,52)53-9)24-25-34(40)26-27-39-44(6,7)36-21-11-13-23-38(36)47(39)30-15-16-31-55(49)50;2*1-2/h10-13,18-23,26-27,45H,14-17,24-25,28-32H2,1-9H3,(H,49,50);1-2H3;1-2H/b19-18+,34-26+,39-27+;;. The van der Waals surface area contributed by atoms with Gasteiger partial charge in [-0.3, -0.25) is 19.6 Å². The molecule has 1 unspecified atom stereocenters. The second-order valence-corrected chi connectivity index (χ2v) is 19.7. The summed E-state index contributed by atoms with van der Waals surface area (Å²) in [6.45, 7) is 19.9. The van der Waals surface area contributed by atoms with Crippen LogP contribution in [0.4, 0.5) is 16.2 Å². The van der Waals surface area contributed by atoms with E-state index in [9.17, 15) is 22.0 Å². The summed E-state index contributed by atoms with van der Waals surface area (Å²) in [5.41, 5.74) is 7.57. The maximum atomic E-state index is 13.6. The van der Waals surface area contributed by atoms with Gasteiger partial charge in [0.15, 0.2) is 11.1 Å². The topological polar surface area (TPSA) is 166 Å². The van der Waals surface area contributed by atoms with Crippen LogP contribution >= 0.6 is 0 Å². The summed E-state index contributed by atoms with van der Waals surface area (Å²) in [5.74, 6) is 0.260. The van der Waals surface area contributed by atoms with Crippen molar-refractivity contribution in [1.29, 1.82) is 0 Å². The largest absolute Gasteiger partial charge is 0.443 e. The minimum absolute atomic E-state index is 0.000144. The molecule has 12 nitrogen and oxygen atoms in total. The molecule has 14 heteroatoms. The Morgan fingerprint density at radius 3 is 2.27 bits per heavy atom. The highest BCUT2D eigenvalue weighted by Gasteiger charge is 2.39. The van der Waals surface area contributed by atoms with Crippen LogP contribution in [0.5, 0.6) is 0 Å². The summed E-state index contributed by atoms with van der Waals surface area (Å²) in [7, 11) is -0.482. The average molecular weight is 874 g/mol. The van der Waals surface area contributed by atoms with Crippen LogP contribution in [0.15, 0.2) is 95.4 Å². The van der Waals surface area contributed by atoms with E-state index in [-0.39, 0.29) is 22.3 Å². The number of nitrogens with one attached hydrogen (secondary N) is 1. The number of ether oxygens (including phenoxy) is 1. The van der Waals surface area contributed by atoms with Crippen LogP contribution in [0.1, 0.15) is 118 Å². The number of allylic oxidation sites excluding steroid dienone is 7. The van der Waals surface area contributed by atoms with Crippen molar-refractivity contribution >= 4 is 38.7 Å². The van der Waals surface area contributed by atoms with Gasteiger partial charge in [0.1, 0.15) is 5.60 Å². The van der Waals surface area contributed by atoms with E-state index in [0.29, 0.717) is 25.8 Å². The number of hydrogen-bond acceptors (Lipinski definition) is 10. The number of anilines is 2. The van der Waals surface area contributed by atoms with Gasteiger partial charge >= 0.3 is 6.09 Å². The number of para-hydroxylation sites is 2. The Balaban J connectivity index is 0.00000301. The zero-order valence-corrected chi connectivity index (χ0v) is 39.3. The molecule has 2 aliphatic rings. The third-order valence-corrected chi connectivity index (χ3v) is 12.4. The fraction of sp³-hybridized carbons (Fsp3) is 0.543.